The first-order valence-corrected chi connectivity index (χ1v) is 7.94. The summed E-state index contributed by atoms with van der Waals surface area (Å²) >= 11 is 1.82. The number of benzene rings is 1. The number of thioether (sulfide) groups is 1. The Bertz CT molecular complexity index is 452. The van der Waals surface area contributed by atoms with E-state index in [-0.39, 0.29) is 11.8 Å². The molecular weight excluding hydrogens is 276 g/mol. The summed E-state index contributed by atoms with van der Waals surface area (Å²) in [5.74, 6) is 0.313. The first-order valence-electron chi connectivity index (χ1n) is 6.65. The van der Waals surface area contributed by atoms with Crippen LogP contribution in [0.15, 0.2) is 18.2 Å². The van der Waals surface area contributed by atoms with Gasteiger partial charge in [0.25, 0.3) is 0 Å². The summed E-state index contributed by atoms with van der Waals surface area (Å²) in [6.45, 7) is 6.71. The summed E-state index contributed by atoms with van der Waals surface area (Å²) in [5.41, 5.74) is 0.848. The maximum absolute atomic E-state index is 11.0. The van der Waals surface area contributed by atoms with Gasteiger partial charge in [0.1, 0.15) is 0 Å². The lowest BCUT2D eigenvalue weighted by molar-refractivity contribution is -0.386. The largest absolute Gasteiger partial charge is 0.484 e. The lowest BCUT2D eigenvalue weighted by Crippen LogP contribution is -2.10. The highest BCUT2D eigenvalue weighted by molar-refractivity contribution is 7.99. The van der Waals surface area contributed by atoms with E-state index in [2.05, 4.69) is 18.5 Å². The zero-order valence-electron chi connectivity index (χ0n) is 12.4. The van der Waals surface area contributed by atoms with Crippen molar-refractivity contribution < 1.29 is 9.66 Å². The number of nitrogens with one attached hydrogen (secondary N) is 1. The number of anilines is 1. The summed E-state index contributed by atoms with van der Waals surface area (Å²) in [4.78, 5) is 10.5. The fraction of sp³-hybridized carbons (Fsp3) is 0.571. The van der Waals surface area contributed by atoms with Crippen LogP contribution in [-0.4, -0.2) is 29.1 Å². The molecule has 112 valence electrons. The number of ether oxygens (including phenoxy) is 1. The second-order valence-electron chi connectivity index (χ2n) is 4.87. The van der Waals surface area contributed by atoms with Crippen LogP contribution in [0.1, 0.15) is 27.2 Å². The van der Waals surface area contributed by atoms with E-state index in [0.29, 0.717) is 11.0 Å². The molecule has 0 amide bonds. The second kappa shape index (κ2) is 7.99. The smallest absolute Gasteiger partial charge is 0.311 e. The van der Waals surface area contributed by atoms with Gasteiger partial charge in [-0.05, 0) is 32.6 Å². The average Bonchev–Trinajstić information content (AvgIpc) is 2.37. The summed E-state index contributed by atoms with van der Waals surface area (Å²) < 4.78 is 5.51. The molecule has 1 rings (SSSR count). The average molecular weight is 298 g/mol. The maximum atomic E-state index is 11.0. The highest BCUT2D eigenvalue weighted by Gasteiger charge is 2.16. The van der Waals surface area contributed by atoms with E-state index < -0.39 is 4.92 Å². The Hall–Kier alpha value is -1.43. The van der Waals surface area contributed by atoms with Gasteiger partial charge < -0.3 is 10.1 Å². The van der Waals surface area contributed by atoms with E-state index in [9.17, 15) is 10.1 Å². The Balaban J connectivity index is 2.76. The van der Waals surface area contributed by atoms with Crippen LogP contribution in [-0.2, 0) is 0 Å². The molecule has 0 fully saturated rings. The van der Waals surface area contributed by atoms with Crippen molar-refractivity contribution >= 4 is 23.1 Å². The highest BCUT2D eigenvalue weighted by atomic mass is 32.2. The van der Waals surface area contributed by atoms with Gasteiger partial charge in [-0.15, -0.1) is 0 Å². The quantitative estimate of drug-likeness (QED) is 0.582. The molecule has 1 N–H and O–H groups in total. The molecule has 6 heteroatoms. The second-order valence-corrected chi connectivity index (χ2v) is 6.14. The Kier molecular flexibility index (Phi) is 6.64. The number of nitro groups is 1. The molecule has 0 aromatic heterocycles. The molecule has 1 atom stereocenters. The van der Waals surface area contributed by atoms with Gasteiger partial charge in [-0.25, -0.2) is 0 Å². The molecule has 1 aromatic carbocycles. The number of nitrogens with zero attached hydrogens (tertiary/aromatic N) is 1. The van der Waals surface area contributed by atoms with E-state index in [1.807, 2.05) is 25.6 Å². The van der Waals surface area contributed by atoms with Gasteiger partial charge in [0.15, 0.2) is 5.75 Å². The first kappa shape index (κ1) is 16.6. The Morgan fingerprint density at radius 3 is 2.65 bits per heavy atom. The van der Waals surface area contributed by atoms with Crippen molar-refractivity contribution in [2.75, 3.05) is 18.1 Å². The van der Waals surface area contributed by atoms with Gasteiger partial charge in [0, 0.05) is 29.6 Å². The number of hydrogen-bond donors (Lipinski definition) is 1. The summed E-state index contributed by atoms with van der Waals surface area (Å²) in [6, 6.07) is 4.90. The lowest BCUT2D eigenvalue weighted by Gasteiger charge is -2.13. The third kappa shape index (κ3) is 5.28. The van der Waals surface area contributed by atoms with E-state index >= 15 is 0 Å². The molecular formula is C14H22N2O3S. The predicted octanol–water partition coefficient (Wildman–Crippen LogP) is 3.94. The normalized spacial score (nSPS) is 12.2. The van der Waals surface area contributed by atoms with Crippen molar-refractivity contribution in [1.82, 2.24) is 0 Å². The molecule has 0 saturated carbocycles. The standard InChI is InChI=1S/C14H22N2O3S/c1-10(2)19-14-9-12(5-6-13(14)16(17)18)15-8-7-11(3)20-4/h5-6,9-11,15H,7-8H2,1-4H3. The summed E-state index contributed by atoms with van der Waals surface area (Å²) in [6.07, 6.45) is 3.03. The highest BCUT2D eigenvalue weighted by Crippen LogP contribution is 2.31. The van der Waals surface area contributed by atoms with Crippen molar-refractivity contribution in [2.24, 2.45) is 0 Å². The summed E-state index contributed by atoms with van der Waals surface area (Å²) in [5, 5.41) is 14.8. The zero-order chi connectivity index (χ0) is 15.1. The van der Waals surface area contributed by atoms with Crippen LogP contribution >= 0.6 is 11.8 Å². The molecule has 5 nitrogen and oxygen atoms in total. The maximum Gasteiger partial charge on any atom is 0.311 e. The third-order valence-electron chi connectivity index (χ3n) is 2.80. The van der Waals surface area contributed by atoms with E-state index in [1.165, 1.54) is 6.07 Å². The Labute approximate surface area is 124 Å². The van der Waals surface area contributed by atoms with Gasteiger partial charge in [0.05, 0.1) is 11.0 Å². The molecule has 0 bridgehead atoms. The minimum absolute atomic E-state index is 0.00160. The third-order valence-corrected chi connectivity index (χ3v) is 3.84. The van der Waals surface area contributed by atoms with Gasteiger partial charge in [-0.3, -0.25) is 10.1 Å². The molecule has 0 spiro atoms. The van der Waals surface area contributed by atoms with E-state index in [0.717, 1.165) is 18.7 Å². The SMILES string of the molecule is CSC(C)CCNc1ccc([N+](=O)[O-])c(OC(C)C)c1. The molecule has 20 heavy (non-hydrogen) atoms. The van der Waals surface area contributed by atoms with Crippen molar-refractivity contribution in [3.8, 4) is 5.75 Å². The fourth-order valence-corrected chi connectivity index (χ4v) is 2.01. The van der Waals surface area contributed by atoms with Gasteiger partial charge in [-0.1, -0.05) is 6.92 Å². The molecule has 0 radical (unpaired) electrons. The van der Waals surface area contributed by atoms with Crippen molar-refractivity contribution in [3.05, 3.63) is 28.3 Å². The topological polar surface area (TPSA) is 64.4 Å². The fourth-order valence-electron chi connectivity index (χ4n) is 1.66. The molecule has 0 aliphatic carbocycles. The van der Waals surface area contributed by atoms with Gasteiger partial charge in [0.2, 0.25) is 0 Å². The number of nitro benzene ring substituents is 1. The summed E-state index contributed by atoms with van der Waals surface area (Å²) in [7, 11) is 0. The predicted molar refractivity (Wildman–Crippen MR) is 84.9 cm³/mol. The van der Waals surface area contributed by atoms with Crippen LogP contribution in [0.4, 0.5) is 11.4 Å². The first-order chi connectivity index (χ1) is 9.43. The molecule has 0 heterocycles. The van der Waals surface area contributed by atoms with Crippen LogP contribution in [0.25, 0.3) is 0 Å². The Morgan fingerprint density at radius 1 is 1.40 bits per heavy atom. The van der Waals surface area contributed by atoms with Crippen LogP contribution in [0, 0.1) is 10.1 Å². The molecule has 0 aliphatic rings. The van der Waals surface area contributed by atoms with Crippen molar-refractivity contribution in [3.63, 3.8) is 0 Å². The minimum atomic E-state index is -0.419. The molecule has 1 aromatic rings. The van der Waals surface area contributed by atoms with E-state index in [1.54, 1.807) is 12.1 Å². The number of rotatable bonds is 8. The van der Waals surface area contributed by atoms with E-state index in [4.69, 9.17) is 4.74 Å². The molecule has 1 unspecified atom stereocenters. The van der Waals surface area contributed by atoms with Gasteiger partial charge in [-0.2, -0.15) is 11.8 Å². The van der Waals surface area contributed by atoms with Crippen molar-refractivity contribution in [1.29, 1.82) is 0 Å². The van der Waals surface area contributed by atoms with Crippen LogP contribution in [0.2, 0.25) is 0 Å². The van der Waals surface area contributed by atoms with Crippen molar-refractivity contribution in [2.45, 2.75) is 38.5 Å². The number of hydrogen-bond acceptors (Lipinski definition) is 5. The molecule has 0 aliphatic heterocycles. The van der Waals surface area contributed by atoms with Crippen LogP contribution in [0.3, 0.4) is 0 Å². The van der Waals surface area contributed by atoms with Crippen LogP contribution in [0.5, 0.6) is 5.75 Å². The lowest BCUT2D eigenvalue weighted by atomic mass is 10.2. The zero-order valence-corrected chi connectivity index (χ0v) is 13.2. The van der Waals surface area contributed by atoms with Crippen LogP contribution < -0.4 is 10.1 Å². The molecule has 0 saturated heterocycles. The Morgan fingerprint density at radius 2 is 2.10 bits per heavy atom. The monoisotopic (exact) mass is 298 g/mol. The van der Waals surface area contributed by atoms with Gasteiger partial charge >= 0.3 is 5.69 Å². The minimum Gasteiger partial charge on any atom is -0.484 e.